The van der Waals surface area contributed by atoms with Crippen LogP contribution in [0.4, 0.5) is 0 Å². The summed E-state index contributed by atoms with van der Waals surface area (Å²) in [5, 5.41) is 0. The van der Waals surface area contributed by atoms with Crippen LogP contribution in [0.2, 0.25) is 0 Å². The number of rotatable bonds is 2. The summed E-state index contributed by atoms with van der Waals surface area (Å²) in [6, 6.07) is 3.74. The fourth-order valence-electron chi connectivity index (χ4n) is 0.697. The van der Waals surface area contributed by atoms with E-state index in [1.165, 1.54) is 12.3 Å². The summed E-state index contributed by atoms with van der Waals surface area (Å²) in [6.45, 7) is 0. The van der Waals surface area contributed by atoms with E-state index in [-0.39, 0.29) is 11.3 Å². The van der Waals surface area contributed by atoms with Gasteiger partial charge in [-0.15, -0.1) is 0 Å². The molecular weight excluding hydrogens is 172 g/mol. The van der Waals surface area contributed by atoms with E-state index < -0.39 is 11.8 Å². The molecule has 0 unspecified atom stereocenters. The molecule has 0 saturated carbocycles. The fourth-order valence-corrected chi connectivity index (χ4v) is 0.697. The Bertz CT molecular complexity index is 333. The van der Waals surface area contributed by atoms with E-state index in [1.54, 1.807) is 0 Å². The zero-order chi connectivity index (χ0) is 9.84. The second-order valence-corrected chi connectivity index (χ2v) is 2.19. The maximum atomic E-state index is 10.9. The number of nitrogen functional groups attached to an aromatic ring is 1. The fraction of sp³-hybridized carbons (Fsp3) is 0. The molecule has 6 heteroatoms. The Kier molecular flexibility index (Phi) is 2.56. The average molecular weight is 179 g/mol. The third-order valence-corrected chi connectivity index (χ3v) is 1.32. The lowest BCUT2D eigenvalue weighted by atomic mass is 10.2. The lowest BCUT2D eigenvalue weighted by molar-refractivity contribution is 0.0949. The topological polar surface area (TPSA) is 111 Å². The molecule has 0 aromatic carbocycles. The molecular formula is C7H7N4O2. The molecule has 0 atom stereocenters. The molecule has 1 radical (unpaired) electrons. The number of pyridine rings is 1. The van der Waals surface area contributed by atoms with Crippen molar-refractivity contribution in [3.05, 3.63) is 29.6 Å². The Balaban J connectivity index is 2.93. The molecule has 0 saturated heterocycles. The number of hydrogen-bond donors (Lipinski definition) is 3. The molecule has 0 aliphatic carbocycles. The molecule has 0 aliphatic rings. The van der Waals surface area contributed by atoms with E-state index in [0.717, 1.165) is 0 Å². The van der Waals surface area contributed by atoms with E-state index in [9.17, 15) is 9.59 Å². The van der Waals surface area contributed by atoms with E-state index in [2.05, 4.69) is 11.1 Å². The molecule has 67 valence electrons. The number of amides is 2. The molecule has 1 heterocycles. The standard InChI is InChI=1S/C7H7N4O2/c8-6(12)5-2-1-4(3-10-5)7(13)11-9/h1,3H,9H2,(H2,8,12)(H,11,13). The quantitative estimate of drug-likeness (QED) is 0.294. The lowest BCUT2D eigenvalue weighted by Crippen LogP contribution is -2.30. The van der Waals surface area contributed by atoms with Crippen LogP contribution in [0.1, 0.15) is 20.8 Å². The van der Waals surface area contributed by atoms with Gasteiger partial charge in [-0.25, -0.2) is 10.8 Å². The van der Waals surface area contributed by atoms with Gasteiger partial charge in [0, 0.05) is 12.3 Å². The van der Waals surface area contributed by atoms with E-state index in [4.69, 9.17) is 11.6 Å². The highest BCUT2D eigenvalue weighted by Gasteiger charge is 2.06. The predicted molar refractivity (Wildman–Crippen MR) is 43.2 cm³/mol. The molecule has 5 N–H and O–H groups in total. The Labute approximate surface area is 73.9 Å². The zero-order valence-corrected chi connectivity index (χ0v) is 6.57. The third kappa shape index (κ3) is 2.00. The van der Waals surface area contributed by atoms with Crippen molar-refractivity contribution in [2.75, 3.05) is 0 Å². The molecule has 2 amide bonds. The van der Waals surface area contributed by atoms with Crippen molar-refractivity contribution >= 4 is 11.8 Å². The Morgan fingerprint density at radius 1 is 1.54 bits per heavy atom. The number of primary amides is 1. The summed E-state index contributed by atoms with van der Waals surface area (Å²) in [5.74, 6) is 3.67. The number of hydrazine groups is 1. The first-order chi connectivity index (χ1) is 6.15. The van der Waals surface area contributed by atoms with Crippen LogP contribution in [0, 0.1) is 6.07 Å². The Hall–Kier alpha value is -1.95. The summed E-state index contributed by atoms with van der Waals surface area (Å²) >= 11 is 0. The Morgan fingerprint density at radius 2 is 2.23 bits per heavy atom. The van der Waals surface area contributed by atoms with Gasteiger partial charge in [0.05, 0.1) is 5.56 Å². The molecule has 6 nitrogen and oxygen atoms in total. The van der Waals surface area contributed by atoms with Crippen molar-refractivity contribution in [1.82, 2.24) is 10.4 Å². The number of hydrogen-bond acceptors (Lipinski definition) is 4. The highest BCUT2D eigenvalue weighted by molar-refractivity contribution is 5.95. The molecule has 13 heavy (non-hydrogen) atoms. The SMILES string of the molecule is NNC(=O)c1c[c]c(C(N)=O)nc1. The van der Waals surface area contributed by atoms with Crippen LogP contribution in [-0.4, -0.2) is 16.8 Å². The maximum absolute atomic E-state index is 10.9. The number of nitrogens with two attached hydrogens (primary N) is 2. The summed E-state index contributed by atoms with van der Waals surface area (Å²) < 4.78 is 0. The monoisotopic (exact) mass is 179 g/mol. The van der Waals surface area contributed by atoms with Crippen molar-refractivity contribution < 1.29 is 9.59 Å². The summed E-state index contributed by atoms with van der Waals surface area (Å²) in [7, 11) is 0. The van der Waals surface area contributed by atoms with E-state index in [0.29, 0.717) is 0 Å². The molecule has 0 bridgehead atoms. The second-order valence-electron chi connectivity index (χ2n) is 2.19. The van der Waals surface area contributed by atoms with Gasteiger partial charge in [-0.2, -0.15) is 0 Å². The third-order valence-electron chi connectivity index (χ3n) is 1.32. The molecule has 0 spiro atoms. The minimum atomic E-state index is -0.695. The van der Waals surface area contributed by atoms with Crippen molar-refractivity contribution in [3.63, 3.8) is 0 Å². The van der Waals surface area contributed by atoms with Crippen LogP contribution in [0.5, 0.6) is 0 Å². The van der Waals surface area contributed by atoms with Gasteiger partial charge in [0.15, 0.2) is 0 Å². The number of aromatic nitrogens is 1. The normalized spacial score (nSPS) is 9.31. The molecule has 1 aromatic rings. The minimum absolute atomic E-state index is 0.0198. The number of nitrogens with one attached hydrogen (secondary N) is 1. The van der Waals surface area contributed by atoms with Crippen LogP contribution >= 0.6 is 0 Å². The van der Waals surface area contributed by atoms with Crippen molar-refractivity contribution in [2.24, 2.45) is 11.6 Å². The Morgan fingerprint density at radius 3 is 2.62 bits per heavy atom. The molecule has 0 fully saturated rings. The zero-order valence-electron chi connectivity index (χ0n) is 6.57. The van der Waals surface area contributed by atoms with Gasteiger partial charge >= 0.3 is 0 Å². The van der Waals surface area contributed by atoms with Gasteiger partial charge in [-0.1, -0.05) is 0 Å². The smallest absolute Gasteiger partial charge is 0.267 e. The van der Waals surface area contributed by atoms with Crippen LogP contribution in [0.15, 0.2) is 12.3 Å². The van der Waals surface area contributed by atoms with Gasteiger partial charge in [0.25, 0.3) is 11.8 Å². The maximum Gasteiger partial charge on any atom is 0.267 e. The van der Waals surface area contributed by atoms with Crippen LogP contribution in [0.3, 0.4) is 0 Å². The van der Waals surface area contributed by atoms with E-state index in [1.807, 2.05) is 5.43 Å². The summed E-state index contributed by atoms with van der Waals surface area (Å²) in [4.78, 5) is 25.0. The van der Waals surface area contributed by atoms with Crippen molar-refractivity contribution in [2.45, 2.75) is 0 Å². The van der Waals surface area contributed by atoms with Crippen LogP contribution in [0.25, 0.3) is 0 Å². The highest BCUT2D eigenvalue weighted by atomic mass is 16.2. The first-order valence-corrected chi connectivity index (χ1v) is 3.33. The molecule has 0 aliphatic heterocycles. The van der Waals surface area contributed by atoms with Gasteiger partial charge in [-0.05, 0) is 6.07 Å². The first-order valence-electron chi connectivity index (χ1n) is 3.33. The highest BCUT2D eigenvalue weighted by Crippen LogP contribution is 1.97. The first kappa shape index (κ1) is 9.14. The number of carbonyl (C=O) groups excluding carboxylic acids is 2. The largest absolute Gasteiger partial charge is 0.364 e. The number of carbonyl (C=O) groups is 2. The molecule has 1 aromatic heterocycles. The van der Waals surface area contributed by atoms with Crippen LogP contribution < -0.4 is 17.0 Å². The second kappa shape index (κ2) is 3.63. The average Bonchev–Trinajstić information content (AvgIpc) is 2.17. The van der Waals surface area contributed by atoms with Gasteiger partial charge < -0.3 is 5.73 Å². The van der Waals surface area contributed by atoms with E-state index >= 15 is 0 Å². The van der Waals surface area contributed by atoms with Gasteiger partial charge in [0.2, 0.25) is 0 Å². The van der Waals surface area contributed by atoms with Gasteiger partial charge in [0.1, 0.15) is 5.69 Å². The lowest BCUT2D eigenvalue weighted by Gasteiger charge is -1.98. The predicted octanol–water partition coefficient (Wildman–Crippen LogP) is -1.42. The molecule has 1 rings (SSSR count). The summed E-state index contributed by atoms with van der Waals surface area (Å²) in [5.41, 5.74) is 7.02. The minimum Gasteiger partial charge on any atom is -0.364 e. The number of nitrogens with zero attached hydrogens (tertiary/aromatic N) is 1. The van der Waals surface area contributed by atoms with Gasteiger partial charge in [-0.3, -0.25) is 15.0 Å². The van der Waals surface area contributed by atoms with Crippen molar-refractivity contribution in [3.8, 4) is 0 Å². The van der Waals surface area contributed by atoms with Crippen LogP contribution in [-0.2, 0) is 0 Å². The van der Waals surface area contributed by atoms with Crippen molar-refractivity contribution in [1.29, 1.82) is 0 Å². The summed E-state index contributed by atoms with van der Waals surface area (Å²) in [6.07, 6.45) is 1.19.